The molecule has 0 N–H and O–H groups in total. The fourth-order valence-corrected chi connectivity index (χ4v) is 2.09. The molecule has 0 radical (unpaired) electrons. The van der Waals surface area contributed by atoms with Crippen LogP contribution in [0.15, 0.2) is 30.3 Å². The minimum absolute atomic E-state index is 0.145. The molecule has 0 unspecified atom stereocenters. The SMILES string of the molecule is CCOC(=O)c1c([N+](=O)[O-])c(C(F)(F)F)nn1Cc1ccccc1. The summed E-state index contributed by atoms with van der Waals surface area (Å²) >= 11 is 0. The van der Waals surface area contributed by atoms with Gasteiger partial charge in [-0.05, 0) is 12.5 Å². The quantitative estimate of drug-likeness (QED) is 0.473. The van der Waals surface area contributed by atoms with E-state index in [0.717, 1.165) is 0 Å². The summed E-state index contributed by atoms with van der Waals surface area (Å²) in [5.41, 5.74) is -3.45. The lowest BCUT2D eigenvalue weighted by Crippen LogP contribution is -2.15. The van der Waals surface area contributed by atoms with E-state index in [1.165, 1.54) is 6.92 Å². The third kappa shape index (κ3) is 3.53. The summed E-state index contributed by atoms with van der Waals surface area (Å²) in [6.45, 7) is 1.05. The molecule has 0 aliphatic rings. The largest absolute Gasteiger partial charge is 0.461 e. The number of nitro groups is 1. The lowest BCUT2D eigenvalue weighted by atomic mass is 10.2. The molecule has 0 amide bonds. The average molecular weight is 343 g/mol. The molecule has 0 bridgehead atoms. The van der Waals surface area contributed by atoms with Crippen LogP contribution < -0.4 is 0 Å². The van der Waals surface area contributed by atoms with Crippen LogP contribution in [0.25, 0.3) is 0 Å². The van der Waals surface area contributed by atoms with Gasteiger partial charge in [-0.25, -0.2) is 9.48 Å². The maximum Gasteiger partial charge on any atom is 0.442 e. The molecule has 1 heterocycles. The molecular weight excluding hydrogens is 331 g/mol. The van der Waals surface area contributed by atoms with Crippen LogP contribution in [0.4, 0.5) is 18.9 Å². The van der Waals surface area contributed by atoms with Gasteiger partial charge < -0.3 is 4.74 Å². The maximum absolute atomic E-state index is 13.1. The van der Waals surface area contributed by atoms with Gasteiger partial charge in [0.1, 0.15) is 0 Å². The zero-order chi connectivity index (χ0) is 17.9. The van der Waals surface area contributed by atoms with Crippen molar-refractivity contribution in [1.29, 1.82) is 0 Å². The molecule has 0 spiro atoms. The van der Waals surface area contributed by atoms with E-state index in [1.54, 1.807) is 30.3 Å². The number of benzene rings is 1. The van der Waals surface area contributed by atoms with Crippen LogP contribution in [0, 0.1) is 10.1 Å². The first-order chi connectivity index (χ1) is 11.3. The molecule has 0 aliphatic carbocycles. The van der Waals surface area contributed by atoms with Crippen LogP contribution in [-0.4, -0.2) is 27.3 Å². The normalized spacial score (nSPS) is 11.3. The molecule has 2 aromatic rings. The van der Waals surface area contributed by atoms with E-state index in [9.17, 15) is 28.1 Å². The van der Waals surface area contributed by atoms with Crippen LogP contribution >= 0.6 is 0 Å². The van der Waals surface area contributed by atoms with Gasteiger partial charge in [-0.3, -0.25) is 10.1 Å². The number of ether oxygens (including phenoxy) is 1. The molecule has 7 nitrogen and oxygen atoms in total. The molecule has 2 rings (SSSR count). The van der Waals surface area contributed by atoms with Gasteiger partial charge in [-0.1, -0.05) is 30.3 Å². The molecule has 1 aromatic heterocycles. The predicted molar refractivity (Wildman–Crippen MR) is 75.4 cm³/mol. The van der Waals surface area contributed by atoms with Crippen molar-refractivity contribution >= 4 is 11.7 Å². The van der Waals surface area contributed by atoms with E-state index in [-0.39, 0.29) is 13.2 Å². The summed E-state index contributed by atoms with van der Waals surface area (Å²) in [7, 11) is 0. The number of carbonyl (C=O) groups is 1. The number of esters is 1. The summed E-state index contributed by atoms with van der Waals surface area (Å²) < 4.78 is 44.5. The second kappa shape index (κ2) is 6.69. The minimum atomic E-state index is -5.08. The number of hydrogen-bond donors (Lipinski definition) is 0. The Labute approximate surface area is 133 Å². The summed E-state index contributed by atoms with van der Waals surface area (Å²) in [4.78, 5) is 21.8. The van der Waals surface area contributed by atoms with Crippen molar-refractivity contribution < 1.29 is 27.6 Å². The van der Waals surface area contributed by atoms with Crippen molar-refractivity contribution in [3.05, 3.63) is 57.4 Å². The first-order valence-corrected chi connectivity index (χ1v) is 6.79. The molecule has 0 saturated heterocycles. The number of alkyl halides is 3. The Hall–Kier alpha value is -2.91. The number of halogens is 3. The van der Waals surface area contributed by atoms with Crippen LogP contribution in [0.3, 0.4) is 0 Å². The number of carbonyl (C=O) groups excluding carboxylic acids is 1. The minimum Gasteiger partial charge on any atom is -0.461 e. The molecule has 24 heavy (non-hydrogen) atoms. The summed E-state index contributed by atoms with van der Waals surface area (Å²) in [5, 5.41) is 14.4. The Kier molecular flexibility index (Phi) is 4.86. The Bertz CT molecular complexity index is 757. The van der Waals surface area contributed by atoms with Crippen molar-refractivity contribution in [2.24, 2.45) is 0 Å². The summed E-state index contributed by atoms with van der Waals surface area (Å²) in [6.07, 6.45) is -5.08. The third-order valence-electron chi connectivity index (χ3n) is 3.02. The van der Waals surface area contributed by atoms with Crippen molar-refractivity contribution in [2.45, 2.75) is 19.6 Å². The number of hydrogen-bond acceptors (Lipinski definition) is 5. The van der Waals surface area contributed by atoms with E-state index in [1.807, 2.05) is 0 Å². The van der Waals surface area contributed by atoms with Crippen LogP contribution in [-0.2, 0) is 17.5 Å². The predicted octanol–water partition coefficient (Wildman–Crippen LogP) is 3.04. The molecule has 0 fully saturated rings. The Morgan fingerprint density at radius 3 is 2.46 bits per heavy atom. The first kappa shape index (κ1) is 17.4. The van der Waals surface area contributed by atoms with Gasteiger partial charge in [0.05, 0.1) is 18.1 Å². The van der Waals surface area contributed by atoms with Crippen molar-refractivity contribution in [3.63, 3.8) is 0 Å². The molecule has 1 aromatic carbocycles. The fourth-order valence-electron chi connectivity index (χ4n) is 2.09. The number of aromatic nitrogens is 2. The van der Waals surface area contributed by atoms with E-state index in [2.05, 4.69) is 9.84 Å². The lowest BCUT2D eigenvalue weighted by Gasteiger charge is -2.06. The highest BCUT2D eigenvalue weighted by atomic mass is 19.4. The standard InChI is InChI=1S/C14H12F3N3O4/c1-2-24-13(21)11-10(20(22)23)12(14(15,16)17)18-19(11)8-9-6-4-3-5-7-9/h3-7H,2,8H2,1H3. The molecule has 10 heteroatoms. The topological polar surface area (TPSA) is 87.3 Å². The first-order valence-electron chi connectivity index (χ1n) is 6.79. The van der Waals surface area contributed by atoms with E-state index >= 15 is 0 Å². The smallest absolute Gasteiger partial charge is 0.442 e. The van der Waals surface area contributed by atoms with E-state index in [0.29, 0.717) is 10.2 Å². The molecule has 0 aliphatic heterocycles. The second-order valence-electron chi connectivity index (χ2n) is 4.66. The van der Waals surface area contributed by atoms with Gasteiger partial charge >= 0.3 is 17.8 Å². The monoisotopic (exact) mass is 343 g/mol. The van der Waals surface area contributed by atoms with E-state index in [4.69, 9.17) is 0 Å². The number of nitrogens with zero attached hydrogens (tertiary/aromatic N) is 3. The van der Waals surface area contributed by atoms with Crippen molar-refractivity contribution in [1.82, 2.24) is 9.78 Å². The number of rotatable bonds is 5. The molecule has 0 saturated carbocycles. The van der Waals surface area contributed by atoms with Crippen LogP contribution in [0.1, 0.15) is 28.7 Å². The Balaban J connectivity index is 2.64. The van der Waals surface area contributed by atoms with Gasteiger partial charge in [0.15, 0.2) is 0 Å². The summed E-state index contributed by atoms with van der Waals surface area (Å²) in [6, 6.07) is 8.16. The summed E-state index contributed by atoms with van der Waals surface area (Å²) in [5.74, 6) is -1.23. The highest BCUT2D eigenvalue weighted by Gasteiger charge is 2.47. The maximum atomic E-state index is 13.1. The zero-order valence-electron chi connectivity index (χ0n) is 12.4. The molecule has 128 valence electrons. The van der Waals surface area contributed by atoms with Crippen molar-refractivity contribution in [3.8, 4) is 0 Å². The molecular formula is C14H12F3N3O4. The second-order valence-corrected chi connectivity index (χ2v) is 4.66. The Morgan fingerprint density at radius 1 is 1.33 bits per heavy atom. The van der Waals surface area contributed by atoms with Gasteiger partial charge in [0, 0.05) is 0 Å². The zero-order valence-corrected chi connectivity index (χ0v) is 12.4. The van der Waals surface area contributed by atoms with Crippen molar-refractivity contribution in [2.75, 3.05) is 6.61 Å². The fraction of sp³-hybridized carbons (Fsp3) is 0.286. The average Bonchev–Trinajstić information content (AvgIpc) is 2.88. The third-order valence-corrected chi connectivity index (χ3v) is 3.02. The van der Waals surface area contributed by atoms with Gasteiger partial charge in [0.2, 0.25) is 11.4 Å². The van der Waals surface area contributed by atoms with E-state index < -0.39 is 34.1 Å². The van der Waals surface area contributed by atoms with Gasteiger partial charge in [0.25, 0.3) is 0 Å². The van der Waals surface area contributed by atoms with Gasteiger partial charge in [-0.15, -0.1) is 0 Å². The van der Waals surface area contributed by atoms with Gasteiger partial charge in [-0.2, -0.15) is 18.3 Å². The van der Waals surface area contributed by atoms with Crippen LogP contribution in [0.5, 0.6) is 0 Å². The lowest BCUT2D eigenvalue weighted by molar-refractivity contribution is -0.388. The molecule has 0 atom stereocenters. The highest BCUT2D eigenvalue weighted by Crippen LogP contribution is 2.37. The van der Waals surface area contributed by atoms with Crippen LogP contribution in [0.2, 0.25) is 0 Å². The highest BCUT2D eigenvalue weighted by molar-refractivity contribution is 5.92. The Morgan fingerprint density at radius 2 is 1.96 bits per heavy atom.